The summed E-state index contributed by atoms with van der Waals surface area (Å²) < 4.78 is 0. The van der Waals surface area contributed by atoms with Crippen LogP contribution in [0.25, 0.3) is 0 Å². The molecule has 0 saturated heterocycles. The molecule has 2 amide bonds. The van der Waals surface area contributed by atoms with Gasteiger partial charge in [0.05, 0.1) is 0 Å². The van der Waals surface area contributed by atoms with E-state index >= 15 is 0 Å². The van der Waals surface area contributed by atoms with Crippen molar-refractivity contribution in [1.29, 1.82) is 0 Å². The van der Waals surface area contributed by atoms with Crippen LogP contribution in [-0.4, -0.2) is 11.8 Å². The first-order valence-electron chi connectivity index (χ1n) is 9.26. The van der Waals surface area contributed by atoms with Crippen molar-refractivity contribution in [2.75, 3.05) is 0 Å². The molecule has 1 aromatic rings. The minimum Gasteiger partial charge on any atom is -0.366 e. The number of primary amides is 2. The van der Waals surface area contributed by atoms with Gasteiger partial charge in [-0.1, -0.05) is 58.4 Å². The highest BCUT2D eigenvalue weighted by Gasteiger charge is 2.16. The number of unbranched alkanes of at least 4 members (excludes halogenated alkanes) is 6. The molecule has 0 atom stereocenters. The number of aryl methyl sites for hydroxylation is 2. The van der Waals surface area contributed by atoms with Gasteiger partial charge in [0.1, 0.15) is 0 Å². The molecule has 0 aromatic heterocycles. The molecule has 0 heterocycles. The van der Waals surface area contributed by atoms with Crippen LogP contribution in [0.1, 0.15) is 97.1 Å². The lowest BCUT2D eigenvalue weighted by atomic mass is 9.91. The Balaban J connectivity index is 3.01. The number of rotatable bonds is 12. The maximum atomic E-state index is 11.8. The molecule has 1 rings (SSSR count). The number of carbonyl (C=O) groups is 2. The van der Waals surface area contributed by atoms with Gasteiger partial charge < -0.3 is 11.5 Å². The molecule has 4 nitrogen and oxygen atoms in total. The number of benzene rings is 1. The summed E-state index contributed by atoms with van der Waals surface area (Å²) >= 11 is 0. The molecule has 0 saturated carbocycles. The molecule has 24 heavy (non-hydrogen) atoms. The number of amides is 2. The highest BCUT2D eigenvalue weighted by Crippen LogP contribution is 2.22. The van der Waals surface area contributed by atoms with Gasteiger partial charge in [-0.3, -0.25) is 9.59 Å². The fraction of sp³-hybridized carbons (Fsp3) is 0.600. The van der Waals surface area contributed by atoms with Crippen LogP contribution in [0, 0.1) is 0 Å². The van der Waals surface area contributed by atoms with E-state index in [1.165, 1.54) is 25.7 Å². The maximum absolute atomic E-state index is 11.8. The predicted octanol–water partition coefficient (Wildman–Crippen LogP) is 4.13. The van der Waals surface area contributed by atoms with Gasteiger partial charge in [0, 0.05) is 11.1 Å². The number of hydrogen-bond donors (Lipinski definition) is 2. The Kier molecular flexibility index (Phi) is 9.13. The van der Waals surface area contributed by atoms with E-state index < -0.39 is 11.8 Å². The van der Waals surface area contributed by atoms with Crippen molar-refractivity contribution in [2.24, 2.45) is 11.5 Å². The van der Waals surface area contributed by atoms with Crippen molar-refractivity contribution >= 4 is 11.8 Å². The molecule has 0 aliphatic heterocycles. The van der Waals surface area contributed by atoms with E-state index in [1.807, 2.05) is 6.07 Å². The summed E-state index contributed by atoms with van der Waals surface area (Å²) in [6, 6.07) is 3.59. The second kappa shape index (κ2) is 10.8. The van der Waals surface area contributed by atoms with Crippen LogP contribution in [0.2, 0.25) is 0 Å². The summed E-state index contributed by atoms with van der Waals surface area (Å²) in [5.41, 5.74) is 13.8. The van der Waals surface area contributed by atoms with Crippen molar-refractivity contribution in [3.63, 3.8) is 0 Å². The molecule has 0 fully saturated rings. The lowest BCUT2D eigenvalue weighted by Gasteiger charge is -2.14. The molecule has 0 unspecified atom stereocenters. The van der Waals surface area contributed by atoms with Crippen molar-refractivity contribution in [1.82, 2.24) is 0 Å². The Labute approximate surface area is 146 Å². The first-order chi connectivity index (χ1) is 11.5. The van der Waals surface area contributed by atoms with Crippen LogP contribution in [0.5, 0.6) is 0 Å². The van der Waals surface area contributed by atoms with E-state index in [4.69, 9.17) is 11.5 Å². The highest BCUT2D eigenvalue weighted by atomic mass is 16.1. The average Bonchev–Trinajstić information content (AvgIpc) is 2.55. The van der Waals surface area contributed by atoms with Crippen LogP contribution in [-0.2, 0) is 12.8 Å². The van der Waals surface area contributed by atoms with E-state index in [2.05, 4.69) is 13.8 Å². The Morgan fingerprint density at radius 2 is 1.12 bits per heavy atom. The normalized spacial score (nSPS) is 10.8. The van der Waals surface area contributed by atoms with Gasteiger partial charge in [-0.05, 0) is 42.9 Å². The fourth-order valence-electron chi connectivity index (χ4n) is 3.05. The molecule has 0 spiro atoms. The van der Waals surface area contributed by atoms with Crippen LogP contribution < -0.4 is 11.5 Å². The highest BCUT2D eigenvalue weighted by molar-refractivity contribution is 6.00. The Bertz CT molecular complexity index is 508. The summed E-state index contributed by atoms with van der Waals surface area (Å²) in [6.07, 6.45) is 10.7. The Morgan fingerprint density at radius 1 is 0.708 bits per heavy atom. The summed E-state index contributed by atoms with van der Waals surface area (Å²) in [4.78, 5) is 23.5. The van der Waals surface area contributed by atoms with E-state index in [1.54, 1.807) is 6.07 Å². The Morgan fingerprint density at radius 3 is 1.46 bits per heavy atom. The third-order valence-electron chi connectivity index (χ3n) is 4.46. The maximum Gasteiger partial charge on any atom is 0.249 e. The topological polar surface area (TPSA) is 86.2 Å². The van der Waals surface area contributed by atoms with Crippen LogP contribution in [0.3, 0.4) is 0 Å². The SMILES string of the molecule is CCCCCCc1cc(CCCCCC)c(C(N)=O)cc1C(N)=O. The molecular weight excluding hydrogens is 300 g/mol. The van der Waals surface area contributed by atoms with E-state index in [9.17, 15) is 9.59 Å². The zero-order chi connectivity index (χ0) is 17.9. The lowest BCUT2D eigenvalue weighted by Crippen LogP contribution is -2.19. The summed E-state index contributed by atoms with van der Waals surface area (Å²) in [7, 11) is 0. The smallest absolute Gasteiger partial charge is 0.249 e. The second-order valence-electron chi connectivity index (χ2n) is 6.52. The van der Waals surface area contributed by atoms with Gasteiger partial charge in [-0.15, -0.1) is 0 Å². The van der Waals surface area contributed by atoms with Crippen molar-refractivity contribution in [3.8, 4) is 0 Å². The van der Waals surface area contributed by atoms with Gasteiger partial charge in [0.2, 0.25) is 11.8 Å². The first-order valence-corrected chi connectivity index (χ1v) is 9.26. The predicted molar refractivity (Wildman–Crippen MR) is 99.2 cm³/mol. The first kappa shape index (κ1) is 20.2. The molecular formula is C20H32N2O2. The number of carbonyl (C=O) groups excluding carboxylic acids is 2. The van der Waals surface area contributed by atoms with Gasteiger partial charge in [0.25, 0.3) is 0 Å². The molecule has 4 N–H and O–H groups in total. The minimum atomic E-state index is -0.486. The van der Waals surface area contributed by atoms with Crippen molar-refractivity contribution < 1.29 is 9.59 Å². The van der Waals surface area contributed by atoms with Crippen LogP contribution >= 0.6 is 0 Å². The van der Waals surface area contributed by atoms with Gasteiger partial charge in [0.15, 0.2) is 0 Å². The third kappa shape index (κ3) is 6.34. The van der Waals surface area contributed by atoms with Gasteiger partial charge in [-0.25, -0.2) is 0 Å². The van der Waals surface area contributed by atoms with Crippen LogP contribution in [0.15, 0.2) is 12.1 Å². The van der Waals surface area contributed by atoms with Gasteiger partial charge in [-0.2, -0.15) is 0 Å². The fourth-order valence-corrected chi connectivity index (χ4v) is 3.05. The summed E-state index contributed by atoms with van der Waals surface area (Å²) in [5.74, 6) is -0.971. The monoisotopic (exact) mass is 332 g/mol. The quantitative estimate of drug-likeness (QED) is 0.564. The molecule has 0 bridgehead atoms. The number of nitrogens with two attached hydrogens (primary N) is 2. The van der Waals surface area contributed by atoms with Crippen molar-refractivity contribution in [3.05, 3.63) is 34.4 Å². The molecule has 134 valence electrons. The third-order valence-corrected chi connectivity index (χ3v) is 4.46. The average molecular weight is 332 g/mol. The largest absolute Gasteiger partial charge is 0.366 e. The Hall–Kier alpha value is -1.84. The molecule has 0 aliphatic rings. The van der Waals surface area contributed by atoms with Gasteiger partial charge >= 0.3 is 0 Å². The zero-order valence-electron chi connectivity index (χ0n) is 15.2. The zero-order valence-corrected chi connectivity index (χ0v) is 15.2. The minimum absolute atomic E-state index is 0.442. The van der Waals surface area contributed by atoms with E-state index in [0.29, 0.717) is 11.1 Å². The molecule has 4 heteroatoms. The van der Waals surface area contributed by atoms with E-state index in [0.717, 1.165) is 49.7 Å². The molecule has 1 aromatic carbocycles. The lowest BCUT2D eigenvalue weighted by molar-refractivity contribution is 0.0998. The summed E-state index contributed by atoms with van der Waals surface area (Å²) in [5, 5.41) is 0. The standard InChI is InChI=1S/C20H32N2O2/c1-3-5-7-9-11-15-13-16(12-10-8-6-4-2)18(20(22)24)14-17(15)19(21)23/h13-14H,3-12H2,1-2H3,(H2,21,23)(H2,22,24). The van der Waals surface area contributed by atoms with Crippen molar-refractivity contribution in [2.45, 2.75) is 78.1 Å². The molecule has 0 aliphatic carbocycles. The molecule has 0 radical (unpaired) electrons. The number of hydrogen-bond acceptors (Lipinski definition) is 2. The summed E-state index contributed by atoms with van der Waals surface area (Å²) in [6.45, 7) is 4.34. The second-order valence-corrected chi connectivity index (χ2v) is 6.52. The van der Waals surface area contributed by atoms with Crippen LogP contribution in [0.4, 0.5) is 0 Å². The van der Waals surface area contributed by atoms with E-state index in [-0.39, 0.29) is 0 Å².